The Morgan fingerprint density at radius 3 is 2.62 bits per heavy atom. The van der Waals surface area contributed by atoms with Crippen molar-refractivity contribution >= 4 is 39.9 Å². The van der Waals surface area contributed by atoms with Crippen molar-refractivity contribution in [3.63, 3.8) is 0 Å². The molecule has 1 amide bonds. The fraction of sp³-hybridized carbons (Fsp3) is 0.100. The van der Waals surface area contributed by atoms with Gasteiger partial charge in [-0.3, -0.25) is 4.79 Å². The van der Waals surface area contributed by atoms with Crippen LogP contribution in [0, 0.1) is 11.3 Å². The number of rotatable bonds is 5. The maximum absolute atomic E-state index is 12.2. The summed E-state index contributed by atoms with van der Waals surface area (Å²) in [6, 6.07) is 19.5. The summed E-state index contributed by atoms with van der Waals surface area (Å²) in [6.45, 7) is -0.214. The standard InChI is InChI=1S/C20H14Cl2N2O2/c21-17-7-3-6-16(20(17)22)18(11-23)24-19(25)12-26-15-9-8-13-4-1-2-5-14(13)10-15/h1-10,18H,12H2,(H,24,25). The second kappa shape index (κ2) is 8.09. The third kappa shape index (κ3) is 4.08. The lowest BCUT2D eigenvalue weighted by Crippen LogP contribution is -2.32. The van der Waals surface area contributed by atoms with Crippen LogP contribution < -0.4 is 10.1 Å². The molecule has 0 fully saturated rings. The number of carbonyl (C=O) groups is 1. The van der Waals surface area contributed by atoms with Gasteiger partial charge in [-0.15, -0.1) is 0 Å². The molecule has 1 atom stereocenters. The van der Waals surface area contributed by atoms with Gasteiger partial charge in [0.1, 0.15) is 11.8 Å². The molecule has 4 nitrogen and oxygen atoms in total. The summed E-state index contributed by atoms with van der Waals surface area (Å²) in [4.78, 5) is 12.2. The first-order valence-corrected chi connectivity index (χ1v) is 8.58. The quantitative estimate of drug-likeness (QED) is 0.679. The van der Waals surface area contributed by atoms with E-state index in [2.05, 4.69) is 5.32 Å². The molecule has 3 aromatic rings. The van der Waals surface area contributed by atoms with E-state index in [9.17, 15) is 10.1 Å². The Morgan fingerprint density at radius 2 is 1.85 bits per heavy atom. The summed E-state index contributed by atoms with van der Waals surface area (Å²) in [7, 11) is 0. The third-order valence-corrected chi connectivity index (χ3v) is 4.65. The fourth-order valence-corrected chi connectivity index (χ4v) is 2.95. The SMILES string of the molecule is N#CC(NC(=O)COc1ccc2ccccc2c1)c1cccc(Cl)c1Cl. The van der Waals surface area contributed by atoms with E-state index < -0.39 is 11.9 Å². The molecule has 0 spiro atoms. The molecule has 6 heteroatoms. The van der Waals surface area contributed by atoms with Crippen molar-refractivity contribution in [1.29, 1.82) is 5.26 Å². The molecule has 1 unspecified atom stereocenters. The lowest BCUT2D eigenvalue weighted by atomic mass is 10.1. The minimum absolute atomic E-state index is 0.214. The lowest BCUT2D eigenvalue weighted by molar-refractivity contribution is -0.123. The van der Waals surface area contributed by atoms with Gasteiger partial charge < -0.3 is 10.1 Å². The molecule has 0 aliphatic heterocycles. The van der Waals surface area contributed by atoms with Crippen LogP contribution in [0.25, 0.3) is 10.8 Å². The molecule has 0 aliphatic carbocycles. The van der Waals surface area contributed by atoms with Crippen LogP contribution >= 0.6 is 23.2 Å². The molecule has 0 bridgehead atoms. The zero-order valence-electron chi connectivity index (χ0n) is 13.6. The number of hydrogen-bond donors (Lipinski definition) is 1. The number of carbonyl (C=O) groups excluding carboxylic acids is 1. The van der Waals surface area contributed by atoms with E-state index in [1.54, 1.807) is 24.3 Å². The van der Waals surface area contributed by atoms with Crippen LogP contribution in [0.3, 0.4) is 0 Å². The van der Waals surface area contributed by atoms with Gasteiger partial charge in [-0.05, 0) is 29.0 Å². The maximum Gasteiger partial charge on any atom is 0.259 e. The van der Waals surface area contributed by atoms with Crippen LogP contribution in [0.2, 0.25) is 10.0 Å². The van der Waals surface area contributed by atoms with Gasteiger partial charge in [0.2, 0.25) is 0 Å². The Morgan fingerprint density at radius 1 is 1.08 bits per heavy atom. The second-order valence-corrected chi connectivity index (χ2v) is 6.36. The first-order valence-electron chi connectivity index (χ1n) is 7.83. The van der Waals surface area contributed by atoms with Gasteiger partial charge in [-0.25, -0.2) is 0 Å². The summed E-state index contributed by atoms with van der Waals surface area (Å²) in [5, 5.41) is 14.6. The monoisotopic (exact) mass is 384 g/mol. The Balaban J connectivity index is 1.65. The van der Waals surface area contributed by atoms with E-state index in [0.29, 0.717) is 16.3 Å². The van der Waals surface area contributed by atoms with E-state index >= 15 is 0 Å². The highest BCUT2D eigenvalue weighted by Crippen LogP contribution is 2.29. The zero-order valence-corrected chi connectivity index (χ0v) is 15.1. The van der Waals surface area contributed by atoms with Gasteiger partial charge in [0, 0.05) is 5.56 Å². The predicted octanol–water partition coefficient (Wildman–Crippen LogP) is 4.91. The highest BCUT2D eigenvalue weighted by Gasteiger charge is 2.18. The highest BCUT2D eigenvalue weighted by molar-refractivity contribution is 6.42. The first-order chi connectivity index (χ1) is 12.6. The van der Waals surface area contributed by atoms with Crippen molar-refractivity contribution < 1.29 is 9.53 Å². The molecule has 0 heterocycles. The van der Waals surface area contributed by atoms with Gasteiger partial charge >= 0.3 is 0 Å². The molecule has 130 valence electrons. The van der Waals surface area contributed by atoms with Crippen molar-refractivity contribution in [2.45, 2.75) is 6.04 Å². The van der Waals surface area contributed by atoms with Crippen LogP contribution in [0.4, 0.5) is 0 Å². The maximum atomic E-state index is 12.2. The molecule has 0 aromatic heterocycles. The molecule has 0 aliphatic rings. The Hall–Kier alpha value is -2.74. The smallest absolute Gasteiger partial charge is 0.259 e. The van der Waals surface area contributed by atoms with E-state index in [0.717, 1.165) is 10.8 Å². The number of fused-ring (bicyclic) bond motifs is 1. The molecule has 0 radical (unpaired) electrons. The average Bonchev–Trinajstić information content (AvgIpc) is 2.66. The molecular formula is C20H14Cl2N2O2. The minimum atomic E-state index is -0.908. The van der Waals surface area contributed by atoms with Gasteiger partial charge in [-0.2, -0.15) is 5.26 Å². The molecule has 1 N–H and O–H groups in total. The Bertz CT molecular complexity index is 999. The number of amides is 1. The van der Waals surface area contributed by atoms with Crippen molar-refractivity contribution in [3.8, 4) is 11.8 Å². The largest absolute Gasteiger partial charge is 0.484 e. The minimum Gasteiger partial charge on any atom is -0.484 e. The van der Waals surface area contributed by atoms with Gasteiger partial charge in [-0.1, -0.05) is 65.7 Å². The summed E-state index contributed by atoms with van der Waals surface area (Å²) in [5.74, 6) is 0.147. The summed E-state index contributed by atoms with van der Waals surface area (Å²) >= 11 is 12.1. The zero-order chi connectivity index (χ0) is 18.5. The number of nitrogens with one attached hydrogen (secondary N) is 1. The summed E-state index contributed by atoms with van der Waals surface area (Å²) in [6.07, 6.45) is 0. The molecule has 3 aromatic carbocycles. The number of halogens is 2. The van der Waals surface area contributed by atoms with Crippen LogP contribution in [0.5, 0.6) is 5.75 Å². The first kappa shape index (κ1) is 18.1. The summed E-state index contributed by atoms with van der Waals surface area (Å²) in [5.41, 5.74) is 0.445. The Kier molecular flexibility index (Phi) is 5.62. The van der Waals surface area contributed by atoms with Crippen molar-refractivity contribution in [1.82, 2.24) is 5.32 Å². The number of ether oxygens (including phenoxy) is 1. The van der Waals surface area contributed by atoms with E-state index in [1.165, 1.54) is 0 Å². The Labute approximate surface area is 160 Å². The van der Waals surface area contributed by atoms with Gasteiger partial charge in [0.15, 0.2) is 6.61 Å². The molecule has 0 saturated carbocycles. The fourth-order valence-electron chi connectivity index (χ4n) is 2.53. The average molecular weight is 385 g/mol. The lowest BCUT2D eigenvalue weighted by Gasteiger charge is -2.14. The van der Waals surface area contributed by atoms with Gasteiger partial charge in [0.05, 0.1) is 16.1 Å². The van der Waals surface area contributed by atoms with Crippen molar-refractivity contribution in [2.75, 3.05) is 6.61 Å². The topological polar surface area (TPSA) is 62.1 Å². The van der Waals surface area contributed by atoms with E-state index in [1.807, 2.05) is 42.5 Å². The molecule has 3 rings (SSSR count). The molecule has 0 saturated heterocycles. The van der Waals surface area contributed by atoms with Crippen LogP contribution in [0.15, 0.2) is 60.7 Å². The van der Waals surface area contributed by atoms with Crippen LogP contribution in [-0.2, 0) is 4.79 Å². The number of nitriles is 1. The second-order valence-electron chi connectivity index (χ2n) is 5.57. The number of benzene rings is 3. The van der Waals surface area contributed by atoms with Gasteiger partial charge in [0.25, 0.3) is 5.91 Å². The van der Waals surface area contributed by atoms with Crippen molar-refractivity contribution in [3.05, 3.63) is 76.3 Å². The third-order valence-electron chi connectivity index (χ3n) is 3.82. The van der Waals surface area contributed by atoms with E-state index in [4.69, 9.17) is 27.9 Å². The van der Waals surface area contributed by atoms with Crippen LogP contribution in [0.1, 0.15) is 11.6 Å². The summed E-state index contributed by atoms with van der Waals surface area (Å²) < 4.78 is 5.53. The van der Waals surface area contributed by atoms with E-state index in [-0.39, 0.29) is 11.6 Å². The highest BCUT2D eigenvalue weighted by atomic mass is 35.5. The normalized spacial score (nSPS) is 11.6. The van der Waals surface area contributed by atoms with Crippen molar-refractivity contribution in [2.24, 2.45) is 0 Å². The van der Waals surface area contributed by atoms with Crippen LogP contribution in [-0.4, -0.2) is 12.5 Å². The predicted molar refractivity (Wildman–Crippen MR) is 102 cm³/mol. The number of hydrogen-bond acceptors (Lipinski definition) is 3. The molecule has 26 heavy (non-hydrogen) atoms. The number of nitrogens with zero attached hydrogens (tertiary/aromatic N) is 1. The molecular weight excluding hydrogens is 371 g/mol.